The monoisotopic (exact) mass is 266 g/mol. The molecule has 8 nitrogen and oxygen atoms in total. The lowest BCUT2D eigenvalue weighted by Crippen LogP contribution is -2.31. The van der Waals surface area contributed by atoms with Crippen LogP contribution in [0.1, 0.15) is 12.8 Å². The highest BCUT2D eigenvalue weighted by Crippen LogP contribution is 2.33. The van der Waals surface area contributed by atoms with Crippen LogP contribution in [-0.4, -0.2) is 22.4 Å². The average Bonchev–Trinajstić information content (AvgIpc) is 3.19. The van der Waals surface area contributed by atoms with E-state index in [1.165, 1.54) is 12.1 Å². The largest absolute Gasteiger partial charge is 0.378 e. The predicted octanol–water partition coefficient (Wildman–Crippen LogP) is 1.65. The third kappa shape index (κ3) is 3.16. The molecule has 0 radical (unpaired) electrons. The summed E-state index contributed by atoms with van der Waals surface area (Å²) in [5.41, 5.74) is 5.54. The summed E-state index contributed by atoms with van der Waals surface area (Å²) in [4.78, 5) is 20.2. The molecule has 1 aromatic carbocycles. The van der Waals surface area contributed by atoms with Crippen LogP contribution >= 0.6 is 0 Å². The molecule has 1 aliphatic rings. The van der Waals surface area contributed by atoms with Gasteiger partial charge < -0.3 is 11.1 Å². The number of nitro benzene ring substituents is 2. The van der Waals surface area contributed by atoms with Crippen molar-refractivity contribution < 1.29 is 9.85 Å². The van der Waals surface area contributed by atoms with Gasteiger partial charge in [0.15, 0.2) is 0 Å². The molecule has 1 aromatic rings. The van der Waals surface area contributed by atoms with Crippen molar-refractivity contribution in [3.8, 4) is 0 Å². The second-order valence-corrected chi connectivity index (χ2v) is 4.60. The van der Waals surface area contributed by atoms with Gasteiger partial charge in [-0.25, -0.2) is 0 Å². The van der Waals surface area contributed by atoms with Gasteiger partial charge in [0.1, 0.15) is 5.69 Å². The van der Waals surface area contributed by atoms with Crippen LogP contribution in [0.15, 0.2) is 18.2 Å². The Labute approximate surface area is 108 Å². The van der Waals surface area contributed by atoms with E-state index in [9.17, 15) is 20.2 Å². The van der Waals surface area contributed by atoms with Gasteiger partial charge in [0.05, 0.1) is 15.9 Å². The van der Waals surface area contributed by atoms with Gasteiger partial charge in [0.25, 0.3) is 11.4 Å². The predicted molar refractivity (Wildman–Crippen MR) is 68.9 cm³/mol. The number of benzene rings is 1. The quantitative estimate of drug-likeness (QED) is 0.595. The van der Waals surface area contributed by atoms with E-state index in [0.717, 1.165) is 18.9 Å². The molecule has 102 valence electrons. The van der Waals surface area contributed by atoms with Crippen LogP contribution in [0.25, 0.3) is 0 Å². The lowest BCUT2D eigenvalue weighted by molar-refractivity contribution is -0.393. The number of nitrogens with zero attached hydrogens (tertiary/aromatic N) is 2. The minimum Gasteiger partial charge on any atom is -0.378 e. The van der Waals surface area contributed by atoms with E-state index < -0.39 is 9.85 Å². The zero-order valence-electron chi connectivity index (χ0n) is 10.1. The molecule has 19 heavy (non-hydrogen) atoms. The number of nitrogens with one attached hydrogen (secondary N) is 1. The molecule has 1 fully saturated rings. The Morgan fingerprint density at radius 1 is 1.32 bits per heavy atom. The van der Waals surface area contributed by atoms with Gasteiger partial charge in [-0.2, -0.15) is 0 Å². The third-order valence-corrected chi connectivity index (χ3v) is 3.14. The summed E-state index contributed by atoms with van der Waals surface area (Å²) in [6.45, 7) is 0.420. The van der Waals surface area contributed by atoms with Gasteiger partial charge in [-0.05, 0) is 24.8 Å². The zero-order chi connectivity index (χ0) is 14.0. The van der Waals surface area contributed by atoms with E-state index in [1.807, 2.05) is 0 Å². The smallest absolute Gasteiger partial charge is 0.299 e. The molecular formula is C11H14N4O4. The van der Waals surface area contributed by atoms with Gasteiger partial charge in [-0.15, -0.1) is 0 Å². The van der Waals surface area contributed by atoms with Crippen LogP contribution in [-0.2, 0) is 0 Å². The number of hydrogen-bond donors (Lipinski definition) is 2. The summed E-state index contributed by atoms with van der Waals surface area (Å²) in [5, 5.41) is 24.4. The minimum absolute atomic E-state index is 0.0465. The van der Waals surface area contributed by atoms with Crippen molar-refractivity contribution in [3.05, 3.63) is 38.4 Å². The van der Waals surface area contributed by atoms with E-state index in [4.69, 9.17) is 5.73 Å². The first-order valence-electron chi connectivity index (χ1n) is 5.91. The lowest BCUT2D eigenvalue weighted by atomic mass is 10.2. The molecule has 2 rings (SSSR count). The van der Waals surface area contributed by atoms with Crippen molar-refractivity contribution in [3.63, 3.8) is 0 Å². The van der Waals surface area contributed by atoms with Crippen LogP contribution in [0.2, 0.25) is 0 Å². The molecule has 0 bridgehead atoms. The van der Waals surface area contributed by atoms with Crippen LogP contribution in [0.3, 0.4) is 0 Å². The highest BCUT2D eigenvalue weighted by atomic mass is 16.6. The van der Waals surface area contributed by atoms with Crippen LogP contribution < -0.4 is 11.1 Å². The Hall–Kier alpha value is -2.22. The molecule has 0 saturated heterocycles. The van der Waals surface area contributed by atoms with Crippen LogP contribution in [0.4, 0.5) is 17.1 Å². The average molecular weight is 266 g/mol. The first kappa shape index (κ1) is 13.2. The number of non-ortho nitro benzene ring substituents is 1. The van der Waals surface area contributed by atoms with Crippen molar-refractivity contribution in [2.75, 3.05) is 11.9 Å². The summed E-state index contributed by atoms with van der Waals surface area (Å²) in [7, 11) is 0. The highest BCUT2D eigenvalue weighted by Gasteiger charge is 2.28. The number of hydrogen-bond acceptors (Lipinski definition) is 6. The SMILES string of the molecule is NC(CNc1ccc([N+](=O)[O-])cc1[N+](=O)[O-])C1CC1. The standard InChI is InChI=1S/C11H14N4O4/c12-9(7-1-2-7)6-13-10-4-3-8(14(16)17)5-11(10)15(18)19/h3-5,7,9,13H,1-2,6,12H2. The highest BCUT2D eigenvalue weighted by molar-refractivity contribution is 5.65. The van der Waals surface area contributed by atoms with Gasteiger partial charge in [-0.1, -0.05) is 0 Å². The Kier molecular flexibility index (Phi) is 3.61. The van der Waals surface area contributed by atoms with Crippen molar-refractivity contribution >= 4 is 17.1 Å². The molecule has 8 heteroatoms. The van der Waals surface area contributed by atoms with Crippen molar-refractivity contribution in [2.45, 2.75) is 18.9 Å². The summed E-state index contributed by atoms with van der Waals surface area (Å²) >= 11 is 0. The Balaban J connectivity index is 2.13. The van der Waals surface area contributed by atoms with E-state index in [2.05, 4.69) is 5.32 Å². The normalized spacial score (nSPS) is 15.8. The van der Waals surface area contributed by atoms with Gasteiger partial charge in [0, 0.05) is 18.7 Å². The summed E-state index contributed by atoms with van der Waals surface area (Å²) < 4.78 is 0. The number of nitrogens with two attached hydrogens (primary N) is 1. The maximum absolute atomic E-state index is 10.9. The van der Waals surface area contributed by atoms with Crippen LogP contribution in [0, 0.1) is 26.1 Å². The topological polar surface area (TPSA) is 124 Å². The van der Waals surface area contributed by atoms with Gasteiger partial charge in [-0.3, -0.25) is 20.2 Å². The maximum atomic E-state index is 10.9. The molecule has 0 amide bonds. The number of rotatable bonds is 6. The van der Waals surface area contributed by atoms with E-state index in [-0.39, 0.29) is 23.1 Å². The van der Waals surface area contributed by atoms with Gasteiger partial charge in [0.2, 0.25) is 0 Å². The first-order chi connectivity index (χ1) is 8.99. The van der Waals surface area contributed by atoms with Crippen molar-refractivity contribution in [1.82, 2.24) is 0 Å². The third-order valence-electron chi connectivity index (χ3n) is 3.14. The summed E-state index contributed by atoms with van der Waals surface area (Å²) in [6, 6.07) is 3.48. The summed E-state index contributed by atoms with van der Waals surface area (Å²) in [5.74, 6) is 0.476. The molecule has 1 aliphatic carbocycles. The lowest BCUT2D eigenvalue weighted by Gasteiger charge is -2.12. The second kappa shape index (κ2) is 5.19. The second-order valence-electron chi connectivity index (χ2n) is 4.60. The Bertz CT molecular complexity index is 515. The maximum Gasteiger partial charge on any atom is 0.299 e. The molecule has 0 spiro atoms. The van der Waals surface area contributed by atoms with Crippen LogP contribution in [0.5, 0.6) is 0 Å². The molecule has 0 aliphatic heterocycles. The molecular weight excluding hydrogens is 252 g/mol. The van der Waals surface area contributed by atoms with E-state index in [1.54, 1.807) is 0 Å². The van der Waals surface area contributed by atoms with Crippen molar-refractivity contribution in [2.24, 2.45) is 11.7 Å². The number of anilines is 1. The number of nitro groups is 2. The van der Waals surface area contributed by atoms with Gasteiger partial charge >= 0.3 is 0 Å². The fourth-order valence-electron chi connectivity index (χ4n) is 1.85. The Morgan fingerprint density at radius 3 is 2.53 bits per heavy atom. The molecule has 0 heterocycles. The summed E-state index contributed by atoms with van der Waals surface area (Å²) in [6.07, 6.45) is 2.18. The zero-order valence-corrected chi connectivity index (χ0v) is 10.1. The fourth-order valence-corrected chi connectivity index (χ4v) is 1.85. The van der Waals surface area contributed by atoms with E-state index >= 15 is 0 Å². The fraction of sp³-hybridized carbons (Fsp3) is 0.455. The molecule has 3 N–H and O–H groups in total. The molecule has 1 saturated carbocycles. The van der Waals surface area contributed by atoms with E-state index in [0.29, 0.717) is 12.5 Å². The minimum atomic E-state index is -0.660. The first-order valence-corrected chi connectivity index (χ1v) is 5.91. The Morgan fingerprint density at radius 2 is 2.00 bits per heavy atom. The van der Waals surface area contributed by atoms with Crippen molar-refractivity contribution in [1.29, 1.82) is 0 Å². The molecule has 0 aromatic heterocycles. The molecule has 1 unspecified atom stereocenters. The molecule has 1 atom stereocenters.